The lowest BCUT2D eigenvalue weighted by Gasteiger charge is -2.26. The molecular formula is C53H34N2S2. The topological polar surface area (TPSA) is 16.1 Å². The van der Waals surface area contributed by atoms with Gasteiger partial charge in [0.05, 0.1) is 10.2 Å². The van der Waals surface area contributed by atoms with E-state index in [0.29, 0.717) is 0 Å². The van der Waals surface area contributed by atoms with Crippen LogP contribution in [0.2, 0.25) is 0 Å². The Bertz CT molecular complexity index is 3220. The summed E-state index contributed by atoms with van der Waals surface area (Å²) in [7, 11) is 0. The molecular weight excluding hydrogens is 729 g/mol. The smallest absolute Gasteiger partial charge is 0.124 e. The van der Waals surface area contributed by atoms with E-state index in [-0.39, 0.29) is 0 Å². The molecule has 0 aliphatic heterocycles. The zero-order valence-electron chi connectivity index (χ0n) is 30.8. The predicted octanol–water partition coefficient (Wildman–Crippen LogP) is 16.0. The van der Waals surface area contributed by atoms with Crippen LogP contribution in [-0.2, 0) is 0 Å². The van der Waals surface area contributed by atoms with Crippen molar-refractivity contribution in [1.29, 1.82) is 0 Å². The minimum atomic E-state index is 1.06. The second-order valence-corrected chi connectivity index (χ2v) is 16.5. The van der Waals surface area contributed by atoms with Crippen LogP contribution in [0.4, 0.5) is 17.1 Å². The van der Waals surface area contributed by atoms with Crippen molar-refractivity contribution in [2.45, 2.75) is 0 Å². The van der Waals surface area contributed by atoms with Crippen LogP contribution in [0.15, 0.2) is 206 Å². The Morgan fingerprint density at radius 1 is 0.333 bits per heavy atom. The lowest BCUT2D eigenvalue weighted by Crippen LogP contribution is -2.09. The first-order valence-electron chi connectivity index (χ1n) is 19.2. The minimum Gasteiger partial charge on any atom is -0.310 e. The standard InChI is InChI=1S/C53H34N2S2/c1-3-10-35(11-4-1)37-18-20-38(21-19-37)39-24-27-45(28-25-39)55(44-15-5-2-6-16-44)46-17-9-14-41(33-46)42-26-29-47-50(34-42)56-48-30-31-49-52(51(47)48)54-53(57-49)43-23-22-36-12-7-8-13-40(36)32-43/h1-34H. The number of fused-ring (bicyclic) bond motifs is 6. The number of anilines is 3. The molecule has 0 bridgehead atoms. The van der Waals surface area contributed by atoms with Crippen molar-refractivity contribution in [3.8, 4) is 44.0 Å². The quantitative estimate of drug-likeness (QED) is 0.161. The fourth-order valence-corrected chi connectivity index (χ4v) is 10.1. The summed E-state index contributed by atoms with van der Waals surface area (Å²) < 4.78 is 3.76. The largest absolute Gasteiger partial charge is 0.310 e. The van der Waals surface area contributed by atoms with Crippen molar-refractivity contribution in [3.63, 3.8) is 0 Å². The van der Waals surface area contributed by atoms with Crippen molar-refractivity contribution in [1.82, 2.24) is 4.98 Å². The van der Waals surface area contributed by atoms with Crippen LogP contribution >= 0.6 is 22.7 Å². The van der Waals surface area contributed by atoms with Gasteiger partial charge in [0.2, 0.25) is 0 Å². The van der Waals surface area contributed by atoms with Crippen LogP contribution in [0.25, 0.3) is 85.1 Å². The monoisotopic (exact) mass is 762 g/mol. The van der Waals surface area contributed by atoms with E-state index in [1.54, 1.807) is 11.3 Å². The van der Waals surface area contributed by atoms with Gasteiger partial charge in [0.15, 0.2) is 0 Å². The Labute approximate surface area is 339 Å². The van der Waals surface area contributed by atoms with Crippen LogP contribution in [-0.4, -0.2) is 4.98 Å². The third-order valence-electron chi connectivity index (χ3n) is 10.9. The van der Waals surface area contributed by atoms with E-state index in [2.05, 4.69) is 211 Å². The molecule has 0 unspecified atom stereocenters. The van der Waals surface area contributed by atoms with E-state index < -0.39 is 0 Å². The van der Waals surface area contributed by atoms with Crippen LogP contribution in [0, 0.1) is 0 Å². The summed E-state index contributed by atoms with van der Waals surface area (Å²) in [5.74, 6) is 0. The van der Waals surface area contributed by atoms with Crippen molar-refractivity contribution in [2.75, 3.05) is 4.90 Å². The van der Waals surface area contributed by atoms with Gasteiger partial charge in [-0.1, -0.05) is 146 Å². The van der Waals surface area contributed by atoms with Crippen LogP contribution < -0.4 is 4.90 Å². The molecule has 2 nitrogen and oxygen atoms in total. The molecule has 0 fully saturated rings. The summed E-state index contributed by atoms with van der Waals surface area (Å²) in [5.41, 5.74) is 12.8. The third-order valence-corrected chi connectivity index (χ3v) is 13.1. The molecule has 0 aliphatic rings. The fourth-order valence-electron chi connectivity index (χ4n) is 8.02. The number of thiophene rings is 1. The average Bonchev–Trinajstić information content (AvgIpc) is 3.89. The Morgan fingerprint density at radius 3 is 1.67 bits per heavy atom. The summed E-state index contributed by atoms with van der Waals surface area (Å²) in [6.07, 6.45) is 0. The van der Waals surface area contributed by atoms with Crippen molar-refractivity contribution >= 4 is 80.9 Å². The number of aromatic nitrogens is 1. The Morgan fingerprint density at radius 2 is 0.895 bits per heavy atom. The summed E-state index contributed by atoms with van der Waals surface area (Å²) >= 11 is 3.62. The van der Waals surface area contributed by atoms with Gasteiger partial charge >= 0.3 is 0 Å². The normalized spacial score (nSPS) is 11.5. The zero-order chi connectivity index (χ0) is 37.7. The number of hydrogen-bond acceptors (Lipinski definition) is 4. The maximum Gasteiger partial charge on any atom is 0.124 e. The van der Waals surface area contributed by atoms with Crippen molar-refractivity contribution in [3.05, 3.63) is 206 Å². The summed E-state index contributed by atoms with van der Waals surface area (Å²) in [5, 5.41) is 6.06. The van der Waals surface area contributed by atoms with E-state index in [0.717, 1.165) is 27.6 Å². The van der Waals surface area contributed by atoms with Gasteiger partial charge in [-0.15, -0.1) is 22.7 Å². The van der Waals surface area contributed by atoms with Crippen LogP contribution in [0.1, 0.15) is 0 Å². The number of rotatable bonds is 7. The predicted molar refractivity (Wildman–Crippen MR) is 246 cm³/mol. The maximum absolute atomic E-state index is 5.27. The van der Waals surface area contributed by atoms with E-state index in [1.807, 2.05) is 11.3 Å². The van der Waals surface area contributed by atoms with E-state index in [9.17, 15) is 0 Å². The number of benzene rings is 9. The molecule has 11 rings (SSSR count). The Balaban J connectivity index is 0.930. The SMILES string of the molecule is c1ccc(-c2ccc(-c3ccc(N(c4ccccc4)c4cccc(-c5ccc6c(c5)sc5ccc7sc(-c8ccc9ccccc9c8)nc7c56)c4)cc3)cc2)cc1. The molecule has 0 saturated heterocycles. The van der Waals surface area contributed by atoms with Crippen LogP contribution in [0.3, 0.4) is 0 Å². The molecule has 11 aromatic rings. The first-order chi connectivity index (χ1) is 28.2. The van der Waals surface area contributed by atoms with Crippen molar-refractivity contribution in [2.24, 2.45) is 0 Å². The molecule has 57 heavy (non-hydrogen) atoms. The van der Waals surface area contributed by atoms with Gasteiger partial charge in [-0.25, -0.2) is 4.98 Å². The highest BCUT2D eigenvalue weighted by Crippen LogP contribution is 2.44. The van der Waals surface area contributed by atoms with E-state index in [4.69, 9.17) is 4.98 Å². The first kappa shape index (κ1) is 33.5. The lowest BCUT2D eigenvalue weighted by molar-refractivity contribution is 1.28. The summed E-state index contributed by atoms with van der Waals surface area (Å²) in [4.78, 5) is 7.61. The maximum atomic E-state index is 5.27. The Hall–Kier alpha value is -6.85. The zero-order valence-corrected chi connectivity index (χ0v) is 32.5. The highest BCUT2D eigenvalue weighted by Gasteiger charge is 2.17. The number of nitrogens with zero attached hydrogens (tertiary/aromatic N) is 2. The first-order valence-corrected chi connectivity index (χ1v) is 20.8. The van der Waals surface area contributed by atoms with Gasteiger partial charge in [-0.05, 0) is 105 Å². The minimum absolute atomic E-state index is 1.06. The molecule has 268 valence electrons. The van der Waals surface area contributed by atoms with Crippen LogP contribution in [0.5, 0.6) is 0 Å². The number of para-hydroxylation sites is 1. The number of hydrogen-bond donors (Lipinski definition) is 0. The average molecular weight is 763 g/mol. The van der Waals surface area contributed by atoms with Gasteiger partial charge in [-0.2, -0.15) is 0 Å². The molecule has 0 radical (unpaired) electrons. The lowest BCUT2D eigenvalue weighted by atomic mass is 10.00. The van der Waals surface area contributed by atoms with Gasteiger partial charge in [0, 0.05) is 42.8 Å². The molecule has 0 atom stereocenters. The van der Waals surface area contributed by atoms with Gasteiger partial charge in [0.25, 0.3) is 0 Å². The highest BCUT2D eigenvalue weighted by atomic mass is 32.1. The van der Waals surface area contributed by atoms with Gasteiger partial charge < -0.3 is 4.90 Å². The fraction of sp³-hybridized carbons (Fsp3) is 0. The Kier molecular flexibility index (Phi) is 8.24. The molecule has 2 heterocycles. The second kappa shape index (κ2) is 14.0. The molecule has 0 saturated carbocycles. The second-order valence-electron chi connectivity index (χ2n) is 14.4. The van der Waals surface area contributed by atoms with Gasteiger partial charge in [0.1, 0.15) is 5.01 Å². The number of thiazole rings is 1. The summed E-state index contributed by atoms with van der Waals surface area (Å²) in [6, 6.07) is 74.5. The molecule has 9 aromatic carbocycles. The third kappa shape index (κ3) is 6.16. The molecule has 0 spiro atoms. The van der Waals surface area contributed by atoms with E-state index in [1.165, 1.54) is 74.6 Å². The van der Waals surface area contributed by atoms with Gasteiger partial charge in [-0.3, -0.25) is 0 Å². The molecule has 4 heteroatoms. The summed E-state index contributed by atoms with van der Waals surface area (Å²) in [6.45, 7) is 0. The molecule has 0 aliphatic carbocycles. The van der Waals surface area contributed by atoms with E-state index >= 15 is 0 Å². The molecule has 2 aromatic heterocycles. The molecule has 0 amide bonds. The van der Waals surface area contributed by atoms with Crippen molar-refractivity contribution < 1.29 is 0 Å². The molecule has 0 N–H and O–H groups in total. The highest BCUT2D eigenvalue weighted by molar-refractivity contribution is 7.26.